The second-order valence-electron chi connectivity index (χ2n) is 22.2. The molecule has 99 heavy (non-hydrogen) atoms. The number of esters is 7. The van der Waals surface area contributed by atoms with E-state index in [1.54, 1.807) is 132 Å². The maximum atomic E-state index is 15.1. The van der Waals surface area contributed by atoms with Crippen LogP contribution in [0.1, 0.15) is 78.1 Å². The van der Waals surface area contributed by atoms with Gasteiger partial charge in [-0.3, -0.25) is 4.57 Å². The van der Waals surface area contributed by atoms with Crippen LogP contribution in [0.3, 0.4) is 0 Å². The molecule has 23 heteroatoms. The van der Waals surface area contributed by atoms with Crippen molar-refractivity contribution in [1.29, 1.82) is 0 Å². The van der Waals surface area contributed by atoms with Gasteiger partial charge in [0.1, 0.15) is 31.5 Å². The van der Waals surface area contributed by atoms with Crippen molar-refractivity contribution in [3.05, 3.63) is 321 Å². The molecule has 0 spiro atoms. The second kappa shape index (κ2) is 33.3. The van der Waals surface area contributed by atoms with Gasteiger partial charge in [0, 0.05) is 0 Å². The van der Waals surface area contributed by atoms with Gasteiger partial charge in [0.2, 0.25) is 9.60 Å². The Morgan fingerprint density at radius 1 is 0.364 bits per heavy atom. The molecule has 12 rings (SSSR count). The van der Waals surface area contributed by atoms with Crippen LogP contribution in [0.4, 0.5) is 5.69 Å². The molecular formula is C76H62ClN3O17S2. The summed E-state index contributed by atoms with van der Waals surface area (Å²) >= 11 is 0. The summed E-state index contributed by atoms with van der Waals surface area (Å²) in [5.41, 5.74) is 2.49. The first-order valence-electron chi connectivity index (χ1n) is 31.0. The summed E-state index contributed by atoms with van der Waals surface area (Å²) in [6.45, 7) is 0.425. The van der Waals surface area contributed by atoms with Crippen molar-refractivity contribution >= 4 is 80.6 Å². The summed E-state index contributed by atoms with van der Waals surface area (Å²) in [5, 5.41) is 0. The molecule has 0 amide bonds. The highest BCUT2D eigenvalue weighted by atomic mass is 35.5. The molecule has 0 bridgehead atoms. The smallest absolute Gasteiger partial charge is 0.338 e. The summed E-state index contributed by atoms with van der Waals surface area (Å²) in [7, 11) is 2.48. The summed E-state index contributed by atoms with van der Waals surface area (Å²) in [4.78, 5) is 114. The summed E-state index contributed by atoms with van der Waals surface area (Å²) in [6, 6.07) is 72.0. The van der Waals surface area contributed by atoms with Crippen LogP contribution >= 0.6 is 33.1 Å². The normalized spacial score (nSPS) is 20.5. The Labute approximate surface area is 581 Å². The van der Waals surface area contributed by atoms with Gasteiger partial charge in [-0.05, 0) is 136 Å². The van der Waals surface area contributed by atoms with Gasteiger partial charge in [0.15, 0.2) is 43.0 Å². The Hall–Kier alpha value is -11.0. The van der Waals surface area contributed by atoms with Crippen LogP contribution in [0.15, 0.2) is 277 Å². The van der Waals surface area contributed by atoms with E-state index in [2.05, 4.69) is 0 Å². The molecule has 10 atom stereocenters. The zero-order chi connectivity index (χ0) is 67.7. The molecule has 3 heterocycles. The molecule has 10 aromatic rings. The molecule has 2 fully saturated rings. The maximum Gasteiger partial charge on any atom is 0.338 e. The lowest BCUT2D eigenvalue weighted by atomic mass is 9.95. The molecule has 2 aliphatic rings. The van der Waals surface area contributed by atoms with Gasteiger partial charge < -0.3 is 47.4 Å². The number of benzene rings is 9. The number of aryl methyl sites for hydroxylation is 1. The maximum absolute atomic E-state index is 15.1. The van der Waals surface area contributed by atoms with E-state index < -0.39 is 116 Å². The van der Waals surface area contributed by atoms with Gasteiger partial charge in [-0.25, -0.2) is 43.5 Å². The second-order valence-corrected chi connectivity index (χ2v) is 24.3. The van der Waals surface area contributed by atoms with Crippen LogP contribution in [0.25, 0.3) is 5.69 Å². The molecule has 0 radical (unpaired) electrons. The van der Waals surface area contributed by atoms with Crippen LogP contribution < -0.4 is 9.60 Å². The Kier molecular flexibility index (Phi) is 23.3. The summed E-state index contributed by atoms with van der Waals surface area (Å²) in [6.07, 6.45) is -18.6. The van der Waals surface area contributed by atoms with Crippen molar-refractivity contribution in [2.45, 2.75) is 68.3 Å². The first-order valence-corrected chi connectivity index (χ1v) is 33.2. The van der Waals surface area contributed by atoms with Crippen LogP contribution in [0, 0.1) is 6.92 Å². The number of aromatic nitrogens is 1. The van der Waals surface area contributed by atoms with Crippen molar-refractivity contribution in [2.75, 3.05) is 13.2 Å². The highest BCUT2D eigenvalue weighted by Crippen LogP contribution is 2.38. The fourth-order valence-electron chi connectivity index (χ4n) is 10.8. The van der Waals surface area contributed by atoms with Crippen molar-refractivity contribution in [3.63, 3.8) is 0 Å². The molecule has 502 valence electrons. The van der Waals surface area contributed by atoms with Crippen LogP contribution in [-0.4, -0.2) is 121 Å². The van der Waals surface area contributed by atoms with Gasteiger partial charge >= 0.3 is 41.8 Å². The number of ether oxygens (including phenoxy) is 10. The zero-order valence-corrected chi connectivity index (χ0v) is 55.0. The average Bonchev–Trinajstić information content (AvgIpc) is 1.42. The molecule has 1 aromatic heterocycles. The van der Waals surface area contributed by atoms with Gasteiger partial charge in [-0.15, -0.1) is 12.4 Å². The van der Waals surface area contributed by atoms with E-state index >= 15 is 4.79 Å². The summed E-state index contributed by atoms with van der Waals surface area (Å²) in [5.74, 6) is -6.59. The Bertz CT molecular complexity index is 4540. The zero-order valence-electron chi connectivity index (χ0n) is 52.6. The van der Waals surface area contributed by atoms with Crippen LogP contribution in [-0.2, 0) is 47.4 Å². The predicted molar refractivity (Wildman–Crippen MR) is 365 cm³/mol. The lowest BCUT2D eigenvalue weighted by Crippen LogP contribution is -2.67. The monoisotopic (exact) mass is 1390 g/mol. The number of para-hydroxylation sites is 2. The molecule has 0 saturated carbocycles. The van der Waals surface area contributed by atoms with Crippen molar-refractivity contribution in [2.24, 2.45) is 9.98 Å². The van der Waals surface area contributed by atoms with Crippen molar-refractivity contribution in [1.82, 2.24) is 4.57 Å². The van der Waals surface area contributed by atoms with Gasteiger partial charge in [0.25, 0.3) is 0 Å². The summed E-state index contributed by atoms with van der Waals surface area (Å²) < 4.78 is 67.7. The van der Waals surface area contributed by atoms with Gasteiger partial charge in [0.05, 0.1) is 50.3 Å². The van der Waals surface area contributed by atoms with E-state index in [1.807, 2.05) is 61.5 Å². The topological polar surface area (TPSA) is 241 Å². The number of carbonyl (C=O) groups is 7. The molecule has 0 aliphatic carbocycles. The van der Waals surface area contributed by atoms with E-state index in [0.29, 0.717) is 16.2 Å². The largest absolute Gasteiger partial charge is 0.459 e. The quantitative estimate of drug-likeness (QED) is 0.0369. The SMILES string of the molecule is Cc1ccccc1-n1c(=Nc2ccccc2)ss/c1=N/[C@@H]1O[C@H](COC(=O)c2ccccc2)[C@@H](O[C@@H]2O[C@H](COC(=O)c3ccccc3)[C@H](OC(=O)c3ccccc3)[C@H](OC(=O)c3ccccc3)[C@H]2OC(=O)c2ccccc2)[C@H](OC(=O)c2ccccc2)[C@H]1OC(=O)c1ccccc1.Cl. The molecule has 20 nitrogen and oxygen atoms in total. The van der Waals surface area contributed by atoms with E-state index in [-0.39, 0.29) is 56.2 Å². The Morgan fingerprint density at radius 3 is 1.10 bits per heavy atom. The standard InChI is InChI=1S/C76H61N3O17S2.ClH/c1-48-28-26-27-45-57(48)79-75(77-56-43-24-9-25-44-56)97-98-76(79)78-66-64(94-72(85)54-39-20-7-21-40-54)62(92-70(83)52-35-16-5-17-36-52)61(58(89-66)46-87-67(80)49-29-10-2-11-30-49)96-74-65(95-73(86)55-41-22-8-23-42-55)63(93-71(84)53-37-18-6-19-38-53)60(91-69(82)51-33-14-4-15-34-51)59(90-74)47-88-68(81)50-31-12-3-13-32-50;/h2-45,58-66,74H,46-47H2,1H3;1H/b77-75?,78-76+;/t58-,59-,60+,61-,62+,63+,64-,65-,66-,74+;/m1./s1. The molecular weight excluding hydrogens is 1330 g/mol. The van der Waals surface area contributed by atoms with Crippen LogP contribution in [0.2, 0.25) is 0 Å². The first kappa shape index (κ1) is 69.4. The molecule has 0 N–H and O–H groups in total. The molecule has 9 aromatic carbocycles. The fraction of sp³-hybridized carbons (Fsp3) is 0.171. The number of rotatable bonds is 21. The third kappa shape index (κ3) is 17.2. The number of halogens is 1. The number of hydrogen-bond acceptors (Lipinski definition) is 21. The van der Waals surface area contributed by atoms with E-state index in [9.17, 15) is 28.8 Å². The van der Waals surface area contributed by atoms with E-state index in [1.165, 1.54) is 106 Å². The first-order chi connectivity index (χ1) is 47.9. The predicted octanol–water partition coefficient (Wildman–Crippen LogP) is 12.1. The molecule has 2 saturated heterocycles. The van der Waals surface area contributed by atoms with Crippen molar-refractivity contribution in [3.8, 4) is 5.69 Å². The van der Waals surface area contributed by atoms with E-state index in [4.69, 9.17) is 57.4 Å². The van der Waals surface area contributed by atoms with Gasteiger partial charge in [-0.1, -0.05) is 164 Å². The third-order valence-electron chi connectivity index (χ3n) is 15.7. The number of carbonyl (C=O) groups excluding carboxylic acids is 7. The lowest BCUT2D eigenvalue weighted by molar-refractivity contribution is -0.338. The highest BCUT2D eigenvalue weighted by molar-refractivity contribution is 7.67. The Balaban J connectivity index is 0.00000990. The van der Waals surface area contributed by atoms with Crippen LogP contribution in [0.5, 0.6) is 0 Å². The van der Waals surface area contributed by atoms with Gasteiger partial charge in [-0.2, -0.15) is 0 Å². The fourth-order valence-corrected chi connectivity index (χ4v) is 13.0. The van der Waals surface area contributed by atoms with E-state index in [0.717, 1.165) is 5.56 Å². The molecule has 2 aliphatic heterocycles. The minimum absolute atomic E-state index is 0. The number of nitrogens with zero attached hydrogens (tertiary/aromatic N) is 3. The van der Waals surface area contributed by atoms with Crippen molar-refractivity contribution < 1.29 is 80.9 Å². The third-order valence-corrected chi connectivity index (χ3v) is 17.8. The number of hydrogen-bond donors (Lipinski definition) is 0. The molecule has 0 unspecified atom stereocenters. The minimum atomic E-state index is -2.11. The average molecular weight is 1390 g/mol. The minimum Gasteiger partial charge on any atom is -0.459 e. The highest BCUT2D eigenvalue weighted by Gasteiger charge is 2.58. The Morgan fingerprint density at radius 2 is 0.687 bits per heavy atom. The lowest BCUT2D eigenvalue weighted by Gasteiger charge is -2.48.